The number of nitrogens with two attached hydrogens (primary N) is 2. The van der Waals surface area contributed by atoms with E-state index in [1.807, 2.05) is 0 Å². The van der Waals surface area contributed by atoms with E-state index in [0.717, 1.165) is 44.2 Å². The van der Waals surface area contributed by atoms with Crippen LogP contribution >= 0.6 is 58.0 Å². The average molecular weight is 960 g/mol. The van der Waals surface area contributed by atoms with Crippen LogP contribution in [0.1, 0.15) is 11.4 Å². The Kier molecular flexibility index (Phi) is 15.7. The molecule has 3 aromatic heterocycles. The van der Waals surface area contributed by atoms with Crippen LogP contribution in [-0.4, -0.2) is 141 Å². The Hall–Kier alpha value is -5.24. The molecule has 0 unspecified atom stereocenters. The molecule has 4 aliphatic heterocycles. The number of thioether (sulfide) groups is 3. The van der Waals surface area contributed by atoms with Gasteiger partial charge in [-0.1, -0.05) is 22.1 Å². The summed E-state index contributed by atoms with van der Waals surface area (Å²) in [4.78, 5) is 120. The van der Waals surface area contributed by atoms with Crippen LogP contribution in [0.2, 0.25) is 0 Å². The van der Waals surface area contributed by atoms with Crippen LogP contribution in [-0.2, 0) is 45.5 Å². The third-order valence-corrected chi connectivity index (χ3v) is 13.5. The Morgan fingerprint density at radius 3 is 1.94 bits per heavy atom. The van der Waals surface area contributed by atoms with Crippen molar-refractivity contribution in [3.8, 4) is 0 Å². The van der Waals surface area contributed by atoms with Crippen LogP contribution in [0.15, 0.2) is 58.9 Å². The molecular formula is C31H30N13NaO12S5. The number of hydrogen-bond donors (Lipinski definition) is 6. The molecule has 0 saturated carbocycles. The first-order valence-electron chi connectivity index (χ1n) is 16.9. The van der Waals surface area contributed by atoms with Crippen molar-refractivity contribution in [2.24, 2.45) is 17.4 Å². The number of carbonyl (C=O) groups excluding carboxylic acids is 5. The largest absolute Gasteiger partial charge is 1.00 e. The third-order valence-electron chi connectivity index (χ3n) is 8.53. The van der Waals surface area contributed by atoms with Crippen molar-refractivity contribution in [1.82, 2.24) is 45.2 Å². The number of carboxylic acid groups (broad SMARTS) is 2. The van der Waals surface area contributed by atoms with E-state index in [0.29, 0.717) is 11.3 Å². The zero-order valence-electron chi connectivity index (χ0n) is 32.4. The van der Waals surface area contributed by atoms with Crippen molar-refractivity contribution in [3.05, 3.63) is 65.9 Å². The molecule has 2 fully saturated rings. The molecule has 62 heavy (non-hydrogen) atoms. The minimum absolute atomic E-state index is 0. The van der Waals surface area contributed by atoms with Gasteiger partial charge >= 0.3 is 46.6 Å². The molecule has 4 amide bonds. The summed E-state index contributed by atoms with van der Waals surface area (Å²) in [6.45, 7) is 0. The molecule has 7 rings (SSSR count). The summed E-state index contributed by atoms with van der Waals surface area (Å²) < 4.78 is 1.25. The number of aliphatic carboxylic acids is 2. The SMILES string of the molecule is CO/N=C(\C(=O)N[C@@H]1C(=O)N2C(C(=O)O)=C(CSc3nc(=O)c(=O)[nH]n3C)CS[C@H]12)c1csc(N)n1.CO/N=C(\C(=O)N[C@@H]1C(=O)N2C(C(=O)[O-])=CCS[C@H]12)c1csc(N)n1.[Na+]. The first-order valence-corrected chi connectivity index (χ1v) is 21.7. The number of aromatic nitrogens is 5. The summed E-state index contributed by atoms with van der Waals surface area (Å²) in [6.07, 6.45) is 1.41. The van der Waals surface area contributed by atoms with E-state index in [4.69, 9.17) is 16.3 Å². The Labute approximate surface area is 390 Å². The van der Waals surface area contributed by atoms with E-state index in [1.54, 1.807) is 0 Å². The van der Waals surface area contributed by atoms with Crippen molar-refractivity contribution in [1.29, 1.82) is 0 Å². The maximum atomic E-state index is 12.9. The van der Waals surface area contributed by atoms with E-state index >= 15 is 0 Å². The number of nitrogen functional groups attached to an aromatic ring is 2. The van der Waals surface area contributed by atoms with Gasteiger partial charge in [0.25, 0.3) is 23.6 Å². The molecule has 31 heteroatoms. The summed E-state index contributed by atoms with van der Waals surface area (Å²) in [5.41, 5.74) is 9.46. The van der Waals surface area contributed by atoms with E-state index in [1.165, 1.54) is 66.3 Å². The third kappa shape index (κ3) is 9.85. The molecule has 2 saturated heterocycles. The van der Waals surface area contributed by atoms with E-state index in [-0.39, 0.29) is 90.7 Å². The molecule has 0 aromatic carbocycles. The fraction of sp³-hybridized carbons (Fsp3) is 0.323. The van der Waals surface area contributed by atoms with E-state index < -0.39 is 69.5 Å². The van der Waals surface area contributed by atoms with Gasteiger partial charge in [0.1, 0.15) is 54.1 Å². The van der Waals surface area contributed by atoms with Gasteiger partial charge in [0.2, 0.25) is 0 Å². The molecule has 0 spiro atoms. The minimum Gasteiger partial charge on any atom is -0.543 e. The van der Waals surface area contributed by atoms with Crippen molar-refractivity contribution < 1.29 is 78.2 Å². The predicted molar refractivity (Wildman–Crippen MR) is 219 cm³/mol. The molecule has 25 nitrogen and oxygen atoms in total. The summed E-state index contributed by atoms with van der Waals surface area (Å²) in [5, 5.41) is 38.2. The second-order valence-electron chi connectivity index (χ2n) is 12.3. The van der Waals surface area contributed by atoms with Crippen molar-refractivity contribution in [2.75, 3.05) is 42.9 Å². The Bertz CT molecular complexity index is 2570. The maximum Gasteiger partial charge on any atom is 1.00 e. The summed E-state index contributed by atoms with van der Waals surface area (Å²) in [7, 11) is 4.01. The van der Waals surface area contributed by atoms with Crippen LogP contribution < -0.4 is 67.9 Å². The topological polar surface area (TPSA) is 365 Å². The molecule has 0 aliphatic carbocycles. The normalized spacial score (nSPS) is 20.5. The Balaban J connectivity index is 0.000000245. The molecule has 3 aromatic rings. The number of carboxylic acids is 2. The number of β-lactam (4-membered cyclic amide) rings is 2. The number of anilines is 2. The average Bonchev–Trinajstić information content (AvgIpc) is 3.87. The van der Waals surface area contributed by atoms with Crippen LogP contribution in [0, 0.1) is 0 Å². The van der Waals surface area contributed by atoms with Gasteiger partial charge in [0, 0.05) is 35.1 Å². The number of amides is 4. The summed E-state index contributed by atoms with van der Waals surface area (Å²) >= 11 is 5.87. The van der Waals surface area contributed by atoms with Crippen molar-refractivity contribution in [3.63, 3.8) is 0 Å². The molecule has 4 atom stereocenters. The summed E-state index contributed by atoms with van der Waals surface area (Å²) in [6, 6.07) is -1.87. The number of nitrogens with one attached hydrogen (secondary N) is 3. The van der Waals surface area contributed by atoms with Gasteiger partial charge in [0.15, 0.2) is 26.8 Å². The number of fused-ring (bicyclic) bond motifs is 2. The number of oxime groups is 2. The quantitative estimate of drug-likeness (QED) is 0.0232. The van der Waals surface area contributed by atoms with E-state index in [2.05, 4.69) is 45.8 Å². The second kappa shape index (κ2) is 20.3. The first-order chi connectivity index (χ1) is 29.1. The van der Waals surface area contributed by atoms with Crippen LogP contribution in [0.25, 0.3) is 0 Å². The first kappa shape index (κ1) is 47.8. The molecule has 0 bridgehead atoms. The number of nitrogens with zero attached hydrogens (tertiary/aromatic N) is 8. The van der Waals surface area contributed by atoms with Gasteiger partial charge in [-0.25, -0.2) is 14.8 Å². The number of aryl methyl sites for hydroxylation is 1. The fourth-order valence-corrected chi connectivity index (χ4v) is 10.6. The molecule has 0 radical (unpaired) electrons. The van der Waals surface area contributed by atoms with Crippen molar-refractivity contribution >= 4 is 115 Å². The molecular weight excluding hydrogens is 930 g/mol. The van der Waals surface area contributed by atoms with Gasteiger partial charge in [-0.3, -0.25) is 48.3 Å². The van der Waals surface area contributed by atoms with Crippen LogP contribution in [0.4, 0.5) is 10.3 Å². The number of rotatable bonds is 13. The van der Waals surface area contributed by atoms with Gasteiger partial charge in [-0.05, 0) is 11.6 Å². The fourth-order valence-electron chi connectivity index (χ4n) is 5.87. The number of hydrogen-bond acceptors (Lipinski definition) is 23. The van der Waals surface area contributed by atoms with Gasteiger partial charge < -0.3 is 46.8 Å². The Morgan fingerprint density at radius 1 is 0.919 bits per heavy atom. The molecule has 322 valence electrons. The Morgan fingerprint density at radius 2 is 1.45 bits per heavy atom. The van der Waals surface area contributed by atoms with Gasteiger partial charge in [0.05, 0.1) is 11.7 Å². The zero-order chi connectivity index (χ0) is 44.3. The number of carbonyl (C=O) groups is 6. The maximum absolute atomic E-state index is 12.9. The second-order valence-corrected chi connectivity index (χ2v) is 17.2. The molecule has 7 heterocycles. The molecule has 8 N–H and O–H groups in total. The number of aromatic amines is 1. The zero-order valence-corrected chi connectivity index (χ0v) is 38.5. The minimum atomic E-state index is -1.43. The standard InChI is InChI=1S/C18H18N8O7S3.C13H13N5O5S2.Na/c1-25-18(22-12(28)13(29)23-25)36-4-6-3-34-15-9(14(30)26(15)10(6)16(31)32)21-11(27)8(24-33-2)7-5-35-17(19)20-7;1-23-17-7(5-4-25-13(14)15-5)9(19)16-8-10(20)18-6(12(21)22)2-3-24-11(8)18;/h5,9,15H,3-4H2,1-2H3,(H2,19,20)(H,21,27)(H,23,29)(H,31,32);2,4,8,11H,3H2,1H3,(H2,14,15)(H,16,19)(H,21,22);/q;;+1/p-1/b24-8-;17-7-;/t9-,15-;8-,11-;/m11./s1. The number of H-pyrrole nitrogens is 1. The van der Waals surface area contributed by atoms with E-state index in [9.17, 15) is 48.6 Å². The monoisotopic (exact) mass is 959 g/mol. The molecule has 4 aliphatic rings. The van der Waals surface area contributed by atoms with Gasteiger partial charge in [-0.15, -0.1) is 46.2 Å². The van der Waals surface area contributed by atoms with Gasteiger partial charge in [-0.2, -0.15) is 4.98 Å². The van der Waals surface area contributed by atoms with Crippen LogP contribution in [0.5, 0.6) is 0 Å². The summed E-state index contributed by atoms with van der Waals surface area (Å²) in [5.74, 6) is -4.53. The predicted octanol–water partition coefficient (Wildman–Crippen LogP) is -6.50. The smallest absolute Gasteiger partial charge is 0.543 e. The number of thiazole rings is 2. The van der Waals surface area contributed by atoms with Crippen LogP contribution in [0.3, 0.4) is 0 Å². The van der Waals surface area contributed by atoms with Crippen molar-refractivity contribution in [2.45, 2.75) is 28.0 Å².